The molecule has 7 atom stereocenters. The highest BCUT2D eigenvalue weighted by atomic mass is 31.1. The largest absolute Gasteiger partial charge is 0.338 e. The minimum absolute atomic E-state index is 0.482. The molecule has 0 heterocycles. The molecular formula is C33H54OP+. The van der Waals surface area contributed by atoms with Crippen molar-refractivity contribution in [3.63, 3.8) is 0 Å². The molecule has 0 amide bonds. The summed E-state index contributed by atoms with van der Waals surface area (Å²) >= 11 is 0. The van der Waals surface area contributed by atoms with Crippen molar-refractivity contribution in [2.75, 3.05) is 6.66 Å². The predicted molar refractivity (Wildman–Crippen MR) is 153 cm³/mol. The molecule has 2 fully saturated rings. The van der Waals surface area contributed by atoms with Crippen molar-refractivity contribution < 1.29 is 4.57 Å². The summed E-state index contributed by atoms with van der Waals surface area (Å²) in [5.41, 5.74) is 4.54. The molecular weight excluding hydrogens is 443 g/mol. The summed E-state index contributed by atoms with van der Waals surface area (Å²) in [6.07, 6.45) is 24.7. The van der Waals surface area contributed by atoms with Crippen LogP contribution in [0.3, 0.4) is 0 Å². The van der Waals surface area contributed by atoms with E-state index in [0.29, 0.717) is 11.1 Å². The van der Waals surface area contributed by atoms with Crippen LogP contribution < -0.4 is 0 Å². The molecule has 0 N–H and O–H groups in total. The number of benzene rings is 1. The number of hydrogen-bond acceptors (Lipinski definition) is 1. The summed E-state index contributed by atoms with van der Waals surface area (Å²) in [6, 6.07) is 9.50. The van der Waals surface area contributed by atoms with Gasteiger partial charge in [-0.25, -0.2) is 0 Å². The summed E-state index contributed by atoms with van der Waals surface area (Å²) in [7, 11) is -0.993. The van der Waals surface area contributed by atoms with Crippen molar-refractivity contribution >= 4 is 7.80 Å². The minimum Gasteiger partial charge on any atom is -0.0748 e. The van der Waals surface area contributed by atoms with Crippen LogP contribution in [0.1, 0.15) is 140 Å². The molecule has 4 rings (SSSR count). The third-order valence-corrected chi connectivity index (χ3v) is 12.2. The predicted octanol–water partition coefficient (Wildman–Crippen LogP) is 10.7. The van der Waals surface area contributed by atoms with Gasteiger partial charge >= 0.3 is 7.80 Å². The molecule has 2 unspecified atom stereocenters. The Morgan fingerprint density at radius 1 is 0.943 bits per heavy atom. The van der Waals surface area contributed by atoms with Gasteiger partial charge in [0.25, 0.3) is 0 Å². The molecule has 196 valence electrons. The third kappa shape index (κ3) is 6.80. The van der Waals surface area contributed by atoms with Gasteiger partial charge in [0.2, 0.25) is 0 Å². The Morgan fingerprint density at radius 3 is 2.43 bits per heavy atom. The van der Waals surface area contributed by atoms with Crippen LogP contribution in [0.2, 0.25) is 0 Å². The molecule has 1 aromatic carbocycles. The maximum absolute atomic E-state index is 12.0. The van der Waals surface area contributed by atoms with Crippen molar-refractivity contribution in [1.29, 1.82) is 0 Å². The van der Waals surface area contributed by atoms with Crippen molar-refractivity contribution in [1.82, 2.24) is 0 Å². The minimum atomic E-state index is -0.993. The highest BCUT2D eigenvalue weighted by Gasteiger charge is 2.52. The Balaban J connectivity index is 1.19. The van der Waals surface area contributed by atoms with Gasteiger partial charge in [-0.3, -0.25) is 0 Å². The Labute approximate surface area is 218 Å². The molecule has 3 aliphatic rings. The monoisotopic (exact) mass is 497 g/mol. The smallest absolute Gasteiger partial charge is 0.0748 e. The average Bonchev–Trinajstić information content (AvgIpc) is 3.26. The SMILES string of the molecule is CCCCC(CCCCCCCCC[C@@H]1Cc2ccccc2[C@H]2CC[C@]3(C)CCC[C@H]3[C@H]12)[P+](C)=O. The zero-order chi connectivity index (χ0) is 24.7. The van der Waals surface area contributed by atoms with Crippen molar-refractivity contribution in [2.24, 2.45) is 23.2 Å². The third-order valence-electron chi connectivity index (χ3n) is 10.6. The molecule has 0 spiro atoms. The van der Waals surface area contributed by atoms with Gasteiger partial charge < -0.3 is 0 Å². The van der Waals surface area contributed by atoms with Gasteiger partial charge in [-0.05, 0) is 104 Å². The van der Waals surface area contributed by atoms with Crippen LogP contribution >= 0.6 is 7.80 Å². The van der Waals surface area contributed by atoms with E-state index in [-0.39, 0.29) is 0 Å². The van der Waals surface area contributed by atoms with E-state index in [1.54, 1.807) is 11.1 Å². The fourth-order valence-electron chi connectivity index (χ4n) is 8.62. The lowest BCUT2D eigenvalue weighted by Gasteiger charge is -2.52. The molecule has 1 nitrogen and oxygen atoms in total. The van der Waals surface area contributed by atoms with E-state index in [0.717, 1.165) is 23.7 Å². The Kier molecular flexibility index (Phi) is 10.3. The lowest BCUT2D eigenvalue weighted by Crippen LogP contribution is -2.44. The van der Waals surface area contributed by atoms with E-state index in [4.69, 9.17) is 0 Å². The van der Waals surface area contributed by atoms with Gasteiger partial charge in [0, 0.05) is 0 Å². The Bertz CT molecular complexity index is 802. The second kappa shape index (κ2) is 13.2. The first-order valence-electron chi connectivity index (χ1n) is 15.5. The van der Waals surface area contributed by atoms with Crippen LogP contribution in [0.4, 0.5) is 0 Å². The maximum Gasteiger partial charge on any atom is 0.338 e. The summed E-state index contributed by atoms with van der Waals surface area (Å²) in [6.45, 7) is 6.83. The van der Waals surface area contributed by atoms with E-state index in [2.05, 4.69) is 38.1 Å². The fourth-order valence-corrected chi connectivity index (χ4v) is 9.71. The first-order valence-corrected chi connectivity index (χ1v) is 17.3. The van der Waals surface area contributed by atoms with Gasteiger partial charge in [-0.15, -0.1) is 0 Å². The lowest BCUT2D eigenvalue weighted by molar-refractivity contribution is 0.0225. The first-order chi connectivity index (χ1) is 17.0. The van der Waals surface area contributed by atoms with Gasteiger partial charge in [-0.1, -0.05) is 94.0 Å². The topological polar surface area (TPSA) is 17.1 Å². The molecule has 0 aromatic heterocycles. The molecule has 3 aliphatic carbocycles. The van der Waals surface area contributed by atoms with E-state index in [9.17, 15) is 4.57 Å². The molecule has 35 heavy (non-hydrogen) atoms. The van der Waals surface area contributed by atoms with Crippen LogP contribution in [0.5, 0.6) is 0 Å². The highest BCUT2D eigenvalue weighted by molar-refractivity contribution is 7.44. The molecule has 2 saturated carbocycles. The summed E-state index contributed by atoms with van der Waals surface area (Å²) in [5, 5.41) is 0. The second-order valence-electron chi connectivity index (χ2n) is 12.9. The fraction of sp³-hybridized carbons (Fsp3) is 0.818. The normalized spacial score (nSPS) is 30.9. The Morgan fingerprint density at radius 2 is 1.66 bits per heavy atom. The van der Waals surface area contributed by atoms with Gasteiger partial charge in [0.1, 0.15) is 6.66 Å². The quantitative estimate of drug-likeness (QED) is 0.184. The Hall–Kier alpha value is -0.680. The van der Waals surface area contributed by atoms with Crippen molar-refractivity contribution in [3.05, 3.63) is 35.4 Å². The van der Waals surface area contributed by atoms with Crippen LogP contribution in [-0.2, 0) is 11.0 Å². The van der Waals surface area contributed by atoms with Crippen LogP contribution in [0.15, 0.2) is 24.3 Å². The first kappa shape index (κ1) is 27.4. The summed E-state index contributed by atoms with van der Waals surface area (Å²) in [5.74, 6) is 3.71. The van der Waals surface area contributed by atoms with Crippen LogP contribution in [0, 0.1) is 23.2 Å². The maximum atomic E-state index is 12.0. The summed E-state index contributed by atoms with van der Waals surface area (Å²) in [4.78, 5) is 0. The molecule has 0 bridgehead atoms. The van der Waals surface area contributed by atoms with Gasteiger partial charge in [0.05, 0.1) is 0 Å². The van der Waals surface area contributed by atoms with E-state index < -0.39 is 7.80 Å². The zero-order valence-corrected chi connectivity index (χ0v) is 24.2. The molecule has 0 radical (unpaired) electrons. The number of unbranched alkanes of at least 4 members (excludes halogenated alkanes) is 7. The standard InChI is InChI=1S/C33H54OP/c1-4-5-18-28(35(3)34)19-12-10-8-6-7-9-11-17-27-25-26-16-13-14-20-29(26)30-22-24-33(2)23-15-21-31(33)32(27)30/h13-14,16,20,27-28,30-32H,4-12,15,17-19,21-25H2,1-3H3/q+1/t27-,28?,30-,31+,32-,33+/m1/s1. The van der Waals surface area contributed by atoms with Crippen molar-refractivity contribution in [2.45, 2.75) is 141 Å². The number of rotatable bonds is 14. The van der Waals surface area contributed by atoms with Gasteiger partial charge in [-0.2, -0.15) is 0 Å². The number of hydrogen-bond donors (Lipinski definition) is 0. The molecule has 0 saturated heterocycles. The molecule has 2 heteroatoms. The zero-order valence-electron chi connectivity index (χ0n) is 23.3. The molecule has 0 aliphatic heterocycles. The second-order valence-corrected chi connectivity index (χ2v) is 14.8. The van der Waals surface area contributed by atoms with E-state index >= 15 is 0 Å². The number of fused-ring (bicyclic) bond motifs is 5. The molecule has 1 aromatic rings. The van der Waals surface area contributed by atoms with Crippen LogP contribution in [-0.4, -0.2) is 12.3 Å². The van der Waals surface area contributed by atoms with E-state index in [1.807, 2.05) is 6.66 Å². The van der Waals surface area contributed by atoms with Crippen LogP contribution in [0.25, 0.3) is 0 Å². The lowest BCUT2D eigenvalue weighted by atomic mass is 9.52. The summed E-state index contributed by atoms with van der Waals surface area (Å²) < 4.78 is 12.0. The average molecular weight is 498 g/mol. The van der Waals surface area contributed by atoms with Gasteiger partial charge in [0.15, 0.2) is 5.66 Å². The highest BCUT2D eigenvalue weighted by Crippen LogP contribution is 2.62. The van der Waals surface area contributed by atoms with E-state index in [1.165, 1.54) is 116 Å². The van der Waals surface area contributed by atoms with Crippen molar-refractivity contribution in [3.8, 4) is 0 Å².